The second kappa shape index (κ2) is 4.04. The first-order chi connectivity index (χ1) is 8.79. The van der Waals surface area contributed by atoms with Crippen molar-refractivity contribution in [2.45, 2.75) is 12.5 Å². The maximum atomic E-state index is 12.2. The summed E-state index contributed by atoms with van der Waals surface area (Å²) >= 11 is 0. The van der Waals surface area contributed by atoms with Crippen LogP contribution in [0.25, 0.3) is 0 Å². The first-order valence-electron chi connectivity index (χ1n) is 5.62. The molecule has 0 radical (unpaired) electrons. The van der Waals surface area contributed by atoms with Crippen molar-refractivity contribution in [2.24, 2.45) is 9.98 Å². The molecule has 4 heteroatoms. The molecular formula is C14H9N3O. The molecule has 1 unspecified atom stereocenters. The highest BCUT2D eigenvalue weighted by Crippen LogP contribution is 2.28. The molecule has 0 saturated heterocycles. The van der Waals surface area contributed by atoms with E-state index in [0.717, 1.165) is 5.57 Å². The number of nitrogens with zero attached hydrogens (tertiary/aromatic N) is 3. The van der Waals surface area contributed by atoms with Gasteiger partial charge < -0.3 is 0 Å². The van der Waals surface area contributed by atoms with E-state index >= 15 is 0 Å². The fourth-order valence-electron chi connectivity index (χ4n) is 2.10. The molecular weight excluding hydrogens is 226 g/mol. The predicted molar refractivity (Wildman–Crippen MR) is 68.5 cm³/mol. The van der Waals surface area contributed by atoms with E-state index in [4.69, 9.17) is 5.26 Å². The topological polar surface area (TPSA) is 65.6 Å². The van der Waals surface area contributed by atoms with Crippen LogP contribution in [0.1, 0.15) is 16.8 Å². The number of benzene rings is 1. The van der Waals surface area contributed by atoms with Crippen LogP contribution in [0.4, 0.5) is 5.69 Å². The molecule has 1 aromatic carbocycles. The van der Waals surface area contributed by atoms with Gasteiger partial charge >= 0.3 is 0 Å². The third-order valence-corrected chi connectivity index (χ3v) is 2.95. The van der Waals surface area contributed by atoms with E-state index in [-0.39, 0.29) is 12.2 Å². The van der Waals surface area contributed by atoms with Gasteiger partial charge in [0, 0.05) is 11.8 Å². The zero-order valence-corrected chi connectivity index (χ0v) is 9.50. The first kappa shape index (κ1) is 10.6. The Labute approximate surface area is 104 Å². The first-order valence-corrected chi connectivity index (χ1v) is 5.62. The molecule has 0 bridgehead atoms. The zero-order chi connectivity index (χ0) is 12.5. The summed E-state index contributed by atoms with van der Waals surface area (Å²) in [6.07, 6.45) is 3.67. The third kappa shape index (κ3) is 1.57. The Morgan fingerprint density at radius 2 is 2.17 bits per heavy atom. The number of fused-ring (bicyclic) bond motifs is 2. The summed E-state index contributed by atoms with van der Waals surface area (Å²) in [4.78, 5) is 20.9. The van der Waals surface area contributed by atoms with Crippen LogP contribution < -0.4 is 0 Å². The van der Waals surface area contributed by atoms with Gasteiger partial charge in [0.25, 0.3) is 0 Å². The van der Waals surface area contributed by atoms with Crippen LogP contribution in [0.3, 0.4) is 0 Å². The molecule has 1 atom stereocenters. The van der Waals surface area contributed by atoms with Crippen LogP contribution in [0.5, 0.6) is 0 Å². The molecule has 0 fully saturated rings. The quantitative estimate of drug-likeness (QED) is 0.749. The lowest BCUT2D eigenvalue weighted by atomic mass is 9.92. The van der Waals surface area contributed by atoms with Crippen LogP contribution in [-0.2, 0) is 0 Å². The minimum atomic E-state index is -0.539. The molecule has 0 saturated carbocycles. The van der Waals surface area contributed by atoms with Gasteiger partial charge in [-0.3, -0.25) is 9.79 Å². The van der Waals surface area contributed by atoms with Crippen molar-refractivity contribution in [2.75, 3.05) is 0 Å². The molecule has 0 amide bonds. The van der Waals surface area contributed by atoms with E-state index in [1.165, 1.54) is 0 Å². The van der Waals surface area contributed by atoms with Crippen molar-refractivity contribution in [1.82, 2.24) is 0 Å². The Hall–Kier alpha value is -2.54. The van der Waals surface area contributed by atoms with Crippen molar-refractivity contribution in [1.29, 1.82) is 5.26 Å². The smallest absolute Gasteiger partial charge is 0.195 e. The summed E-state index contributed by atoms with van der Waals surface area (Å²) in [7, 11) is 0. The zero-order valence-electron chi connectivity index (χ0n) is 9.50. The highest BCUT2D eigenvalue weighted by molar-refractivity contribution is 6.26. The van der Waals surface area contributed by atoms with Gasteiger partial charge in [-0.15, -0.1) is 0 Å². The highest BCUT2D eigenvalue weighted by atomic mass is 16.1. The van der Waals surface area contributed by atoms with Gasteiger partial charge in [0.2, 0.25) is 0 Å². The molecule has 0 spiro atoms. The second-order valence-corrected chi connectivity index (χ2v) is 4.15. The van der Waals surface area contributed by atoms with Gasteiger partial charge in [-0.25, -0.2) is 4.99 Å². The van der Waals surface area contributed by atoms with Gasteiger partial charge in [-0.1, -0.05) is 12.1 Å². The van der Waals surface area contributed by atoms with Gasteiger partial charge in [0.1, 0.15) is 0 Å². The maximum Gasteiger partial charge on any atom is 0.195 e. The maximum absolute atomic E-state index is 12.2. The van der Waals surface area contributed by atoms with Crippen molar-refractivity contribution in [3.05, 3.63) is 41.5 Å². The molecule has 18 heavy (non-hydrogen) atoms. The lowest BCUT2D eigenvalue weighted by Gasteiger charge is -2.21. The van der Waals surface area contributed by atoms with Crippen LogP contribution in [0, 0.1) is 11.3 Å². The van der Waals surface area contributed by atoms with Crippen LogP contribution in [-0.4, -0.2) is 23.8 Å². The Morgan fingerprint density at radius 3 is 3.00 bits per heavy atom. The van der Waals surface area contributed by atoms with Crippen LogP contribution in [0.2, 0.25) is 0 Å². The van der Waals surface area contributed by atoms with Gasteiger partial charge in [-0.2, -0.15) is 5.26 Å². The van der Waals surface area contributed by atoms with Gasteiger partial charge in [-0.05, 0) is 23.8 Å². The van der Waals surface area contributed by atoms with Crippen molar-refractivity contribution < 1.29 is 4.79 Å². The van der Waals surface area contributed by atoms with E-state index in [0.29, 0.717) is 17.0 Å². The van der Waals surface area contributed by atoms with Gasteiger partial charge in [0.15, 0.2) is 11.8 Å². The number of dihydropyridines is 1. The second-order valence-electron chi connectivity index (χ2n) is 4.15. The molecule has 3 rings (SSSR count). The molecule has 0 aromatic heterocycles. The van der Waals surface area contributed by atoms with Crippen molar-refractivity contribution >= 4 is 23.4 Å². The molecule has 1 aromatic rings. The number of nitriles is 1. The number of para-hydroxylation sites is 1. The lowest BCUT2D eigenvalue weighted by Crippen LogP contribution is -2.32. The predicted octanol–water partition coefficient (Wildman–Crippen LogP) is 2.25. The summed E-state index contributed by atoms with van der Waals surface area (Å²) in [6.45, 7) is 0. The fraction of sp³-hybridized carbons (Fsp3) is 0.143. The van der Waals surface area contributed by atoms with Crippen LogP contribution in [0.15, 0.2) is 45.9 Å². The lowest BCUT2D eigenvalue weighted by molar-refractivity contribution is 0.0984. The largest absolute Gasteiger partial charge is 0.291 e. The number of hydrogen-bond acceptors (Lipinski definition) is 4. The molecule has 2 aliphatic rings. The molecule has 0 aliphatic carbocycles. The van der Waals surface area contributed by atoms with Crippen molar-refractivity contribution in [3.63, 3.8) is 0 Å². The average Bonchev–Trinajstić information content (AvgIpc) is 2.39. The van der Waals surface area contributed by atoms with E-state index in [2.05, 4.69) is 16.1 Å². The highest BCUT2D eigenvalue weighted by Gasteiger charge is 2.31. The Morgan fingerprint density at radius 1 is 1.33 bits per heavy atom. The normalized spacial score (nSPS) is 20.4. The average molecular weight is 235 g/mol. The molecule has 2 heterocycles. The summed E-state index contributed by atoms with van der Waals surface area (Å²) in [6, 6.07) is 8.77. The number of hydrogen-bond donors (Lipinski definition) is 0. The number of allylic oxidation sites excluding steroid dienone is 1. The Balaban J connectivity index is 2.10. The number of aliphatic imine (C=N–C) groups is 2. The number of ketones is 1. The number of Topliss-reactive ketones (excluding diaryl/α,β-unsaturated/α-hetero) is 1. The molecule has 0 N–H and O–H groups in total. The number of carbonyl (C=O) groups is 1. The minimum Gasteiger partial charge on any atom is -0.291 e. The van der Waals surface area contributed by atoms with E-state index < -0.39 is 6.04 Å². The Kier molecular flexibility index (Phi) is 2.38. The molecule has 4 nitrogen and oxygen atoms in total. The Bertz CT molecular complexity index is 662. The summed E-state index contributed by atoms with van der Waals surface area (Å²) in [5.74, 6) is -0.0286. The number of carbonyl (C=O) groups excluding carboxylic acids is 1. The SMILES string of the molecule is N#CCC1=CC2=Nc3ccccc3C(=O)C2N=C1. The third-order valence-electron chi connectivity index (χ3n) is 2.95. The summed E-state index contributed by atoms with van der Waals surface area (Å²) in [5, 5.41) is 8.67. The minimum absolute atomic E-state index is 0.0286. The summed E-state index contributed by atoms with van der Waals surface area (Å²) < 4.78 is 0. The van der Waals surface area contributed by atoms with E-state index in [1.54, 1.807) is 18.4 Å². The van der Waals surface area contributed by atoms with E-state index in [9.17, 15) is 4.79 Å². The van der Waals surface area contributed by atoms with Crippen LogP contribution >= 0.6 is 0 Å². The standard InChI is InChI=1S/C14H9N3O/c15-6-5-9-7-12-13(16-8-9)14(18)10-3-1-2-4-11(10)17-12/h1-4,7-8,13H,5H2. The fourth-order valence-corrected chi connectivity index (χ4v) is 2.10. The molecule has 86 valence electrons. The monoisotopic (exact) mass is 235 g/mol. The summed E-state index contributed by atoms with van der Waals surface area (Å²) in [5.41, 5.74) is 2.71. The van der Waals surface area contributed by atoms with Gasteiger partial charge in [0.05, 0.1) is 23.9 Å². The molecule has 2 aliphatic heterocycles. The number of rotatable bonds is 1. The van der Waals surface area contributed by atoms with Crippen molar-refractivity contribution in [3.8, 4) is 6.07 Å². The van der Waals surface area contributed by atoms with E-state index in [1.807, 2.05) is 18.2 Å².